The van der Waals surface area contributed by atoms with Gasteiger partial charge in [0.05, 0.1) is 29.8 Å². The number of methoxy groups -OCH3 is 1. The molecule has 0 unspecified atom stereocenters. The lowest BCUT2D eigenvalue weighted by molar-refractivity contribution is -0.133. The molecule has 11 nitrogen and oxygen atoms in total. The van der Waals surface area contributed by atoms with Crippen molar-refractivity contribution in [3.63, 3.8) is 0 Å². The summed E-state index contributed by atoms with van der Waals surface area (Å²) < 4.78 is 19.0. The number of aromatic amines is 1. The van der Waals surface area contributed by atoms with Crippen LogP contribution in [0.3, 0.4) is 0 Å². The molecule has 2 aliphatic rings. The number of nitrogens with zero attached hydrogens (tertiary/aromatic N) is 6. The molecule has 0 aliphatic carbocycles. The van der Waals surface area contributed by atoms with Crippen LogP contribution in [0.5, 0.6) is 0 Å². The fourth-order valence-electron chi connectivity index (χ4n) is 6.70. The van der Waals surface area contributed by atoms with Crippen molar-refractivity contribution >= 4 is 34.1 Å². The molecule has 7 rings (SSSR count). The number of benzene rings is 3. The lowest BCUT2D eigenvalue weighted by Crippen LogP contribution is -2.51. The SMILES string of the molecule is COC[C@@]1(C(=O)Nc2ccc3[nH]nc(-c4ccc(F)cc4)c3c2)CCN(CC(=O)N2CCN(c3ccc(-c4ncccn4)cc3)CC2)C1. The van der Waals surface area contributed by atoms with Crippen molar-refractivity contribution in [3.05, 3.63) is 91.0 Å². The quantitative estimate of drug-likeness (QED) is 0.241. The van der Waals surface area contributed by atoms with Crippen LogP contribution in [0.25, 0.3) is 33.5 Å². The highest BCUT2D eigenvalue weighted by Crippen LogP contribution is 2.34. The average molecular weight is 649 g/mol. The Morgan fingerprint density at radius 1 is 0.938 bits per heavy atom. The molecule has 0 bridgehead atoms. The minimum atomic E-state index is -0.796. The van der Waals surface area contributed by atoms with E-state index in [1.807, 2.05) is 35.2 Å². The first-order valence-electron chi connectivity index (χ1n) is 16.1. The Hall–Kier alpha value is -5.20. The summed E-state index contributed by atoms with van der Waals surface area (Å²) in [7, 11) is 1.60. The van der Waals surface area contributed by atoms with Crippen LogP contribution in [-0.2, 0) is 14.3 Å². The Balaban J connectivity index is 0.953. The molecule has 12 heteroatoms. The van der Waals surface area contributed by atoms with E-state index in [-0.39, 0.29) is 30.8 Å². The van der Waals surface area contributed by atoms with Crippen LogP contribution in [0.4, 0.5) is 15.8 Å². The maximum atomic E-state index is 13.8. The van der Waals surface area contributed by atoms with Gasteiger partial charge in [-0.1, -0.05) is 0 Å². The number of carbonyl (C=O) groups is 2. The van der Waals surface area contributed by atoms with E-state index in [1.54, 1.807) is 37.7 Å². The van der Waals surface area contributed by atoms with Crippen LogP contribution in [0.15, 0.2) is 85.2 Å². The van der Waals surface area contributed by atoms with Gasteiger partial charge in [-0.3, -0.25) is 19.6 Å². The Morgan fingerprint density at radius 3 is 2.40 bits per heavy atom. The van der Waals surface area contributed by atoms with Gasteiger partial charge < -0.3 is 19.9 Å². The molecule has 3 aromatic carbocycles. The number of rotatable bonds is 9. The fourth-order valence-corrected chi connectivity index (χ4v) is 6.70. The van der Waals surface area contributed by atoms with Gasteiger partial charge in [0.1, 0.15) is 5.82 Å². The van der Waals surface area contributed by atoms with E-state index in [9.17, 15) is 14.0 Å². The minimum Gasteiger partial charge on any atom is -0.384 e. The van der Waals surface area contributed by atoms with E-state index in [4.69, 9.17) is 4.74 Å². The Bertz CT molecular complexity index is 1890. The van der Waals surface area contributed by atoms with Gasteiger partial charge in [-0.25, -0.2) is 14.4 Å². The Labute approximate surface area is 277 Å². The van der Waals surface area contributed by atoms with E-state index in [1.165, 1.54) is 12.1 Å². The van der Waals surface area contributed by atoms with Crippen molar-refractivity contribution in [2.24, 2.45) is 5.41 Å². The number of carbonyl (C=O) groups excluding carboxylic acids is 2. The zero-order chi connectivity index (χ0) is 33.1. The summed E-state index contributed by atoms with van der Waals surface area (Å²) in [6.07, 6.45) is 4.04. The van der Waals surface area contributed by atoms with Crippen molar-refractivity contribution in [3.8, 4) is 22.6 Å². The maximum Gasteiger partial charge on any atom is 0.236 e. The molecule has 4 heterocycles. The van der Waals surface area contributed by atoms with Gasteiger partial charge in [-0.15, -0.1) is 0 Å². The third-order valence-electron chi connectivity index (χ3n) is 9.32. The number of likely N-dealkylation sites (tertiary alicyclic amines) is 1. The van der Waals surface area contributed by atoms with Gasteiger partial charge in [0, 0.05) is 80.1 Å². The topological polar surface area (TPSA) is 120 Å². The van der Waals surface area contributed by atoms with Gasteiger partial charge in [0.15, 0.2) is 5.82 Å². The predicted molar refractivity (Wildman–Crippen MR) is 182 cm³/mol. The monoisotopic (exact) mass is 648 g/mol. The van der Waals surface area contributed by atoms with Crippen molar-refractivity contribution < 1.29 is 18.7 Å². The normalized spacial score (nSPS) is 18.4. The lowest BCUT2D eigenvalue weighted by Gasteiger charge is -2.37. The van der Waals surface area contributed by atoms with Gasteiger partial charge >= 0.3 is 0 Å². The Morgan fingerprint density at radius 2 is 1.67 bits per heavy atom. The van der Waals surface area contributed by atoms with Crippen LogP contribution in [-0.4, -0.2) is 101 Å². The van der Waals surface area contributed by atoms with Crippen LogP contribution < -0.4 is 10.2 Å². The molecule has 2 aromatic heterocycles. The van der Waals surface area contributed by atoms with Crippen molar-refractivity contribution in [2.75, 3.05) is 69.7 Å². The van der Waals surface area contributed by atoms with Gasteiger partial charge in [0.2, 0.25) is 11.8 Å². The molecule has 2 aliphatic heterocycles. The van der Waals surface area contributed by atoms with E-state index < -0.39 is 5.41 Å². The molecule has 0 saturated carbocycles. The van der Waals surface area contributed by atoms with Gasteiger partial charge in [-0.2, -0.15) is 5.10 Å². The lowest BCUT2D eigenvalue weighted by atomic mass is 9.87. The molecule has 2 saturated heterocycles. The molecule has 48 heavy (non-hydrogen) atoms. The Kier molecular flexibility index (Phi) is 8.83. The zero-order valence-corrected chi connectivity index (χ0v) is 26.7. The van der Waals surface area contributed by atoms with E-state index >= 15 is 0 Å². The maximum absolute atomic E-state index is 13.8. The summed E-state index contributed by atoms with van der Waals surface area (Å²) in [5.41, 5.74) is 4.16. The second-order valence-corrected chi connectivity index (χ2v) is 12.5. The smallest absolute Gasteiger partial charge is 0.236 e. The first-order chi connectivity index (χ1) is 23.4. The number of anilines is 2. The van der Waals surface area contributed by atoms with E-state index in [0.29, 0.717) is 49.8 Å². The highest BCUT2D eigenvalue weighted by atomic mass is 19.1. The molecule has 2 fully saturated rings. The van der Waals surface area contributed by atoms with Crippen LogP contribution >= 0.6 is 0 Å². The predicted octanol–water partition coefficient (Wildman–Crippen LogP) is 4.45. The summed E-state index contributed by atoms with van der Waals surface area (Å²) in [6.45, 7) is 4.30. The largest absolute Gasteiger partial charge is 0.384 e. The summed E-state index contributed by atoms with van der Waals surface area (Å²) >= 11 is 0. The van der Waals surface area contributed by atoms with Crippen molar-refractivity contribution in [1.29, 1.82) is 0 Å². The number of nitrogens with one attached hydrogen (secondary N) is 2. The molecule has 0 radical (unpaired) electrons. The number of hydrogen-bond donors (Lipinski definition) is 2. The molecule has 0 spiro atoms. The number of ether oxygens (including phenoxy) is 1. The first-order valence-corrected chi connectivity index (χ1v) is 16.1. The molecular formula is C36H37FN8O3. The highest BCUT2D eigenvalue weighted by molar-refractivity contribution is 6.00. The fraction of sp³-hybridized carbons (Fsp3) is 0.306. The van der Waals surface area contributed by atoms with Gasteiger partial charge in [-0.05, 0) is 85.8 Å². The highest BCUT2D eigenvalue weighted by Gasteiger charge is 2.45. The molecule has 246 valence electrons. The van der Waals surface area contributed by atoms with Crippen LogP contribution in [0.2, 0.25) is 0 Å². The number of aromatic nitrogens is 4. The van der Waals surface area contributed by atoms with Crippen molar-refractivity contribution in [1.82, 2.24) is 30.0 Å². The second-order valence-electron chi connectivity index (χ2n) is 12.5. The third kappa shape index (κ3) is 6.49. The summed E-state index contributed by atoms with van der Waals surface area (Å²) in [6, 6.07) is 21.7. The third-order valence-corrected chi connectivity index (χ3v) is 9.32. The van der Waals surface area contributed by atoms with Crippen molar-refractivity contribution in [2.45, 2.75) is 6.42 Å². The van der Waals surface area contributed by atoms with E-state index in [0.717, 1.165) is 40.8 Å². The molecular weight excluding hydrogens is 611 g/mol. The van der Waals surface area contributed by atoms with Crippen LogP contribution in [0.1, 0.15) is 6.42 Å². The summed E-state index contributed by atoms with van der Waals surface area (Å²) in [4.78, 5) is 42.1. The standard InChI is InChI=1S/C36H37FN8O3/c1-48-24-36(35(47)40-28-9-12-31-30(21-28)33(42-41-31)25-3-7-27(37)8-4-25)13-16-43(23-36)22-32(46)45-19-17-44(18-20-45)29-10-5-26(6-11-29)34-38-14-2-15-39-34/h2-12,14-15,21H,13,16-20,22-24H2,1H3,(H,40,47)(H,41,42)/t36-/m1/s1. The zero-order valence-electron chi connectivity index (χ0n) is 26.7. The molecule has 1 atom stereocenters. The second kappa shape index (κ2) is 13.5. The summed E-state index contributed by atoms with van der Waals surface area (Å²) in [5.74, 6) is 0.297. The number of fused-ring (bicyclic) bond motifs is 1. The first kappa shape index (κ1) is 31.4. The molecule has 5 aromatic rings. The van der Waals surface area contributed by atoms with Gasteiger partial charge in [0.25, 0.3) is 0 Å². The molecule has 2 N–H and O–H groups in total. The molecule has 2 amide bonds. The number of H-pyrrole nitrogens is 1. The van der Waals surface area contributed by atoms with Crippen LogP contribution in [0, 0.1) is 11.2 Å². The average Bonchev–Trinajstić information content (AvgIpc) is 3.74. The van der Waals surface area contributed by atoms with E-state index in [2.05, 4.69) is 47.4 Å². The minimum absolute atomic E-state index is 0.0681. The summed E-state index contributed by atoms with van der Waals surface area (Å²) in [5, 5.41) is 11.3. The number of hydrogen-bond acceptors (Lipinski definition) is 8. The number of halogens is 1. The number of amides is 2. The number of piperazine rings is 1.